The molecule has 0 spiro atoms. The molecule has 0 aromatic carbocycles. The fourth-order valence-corrected chi connectivity index (χ4v) is 2.14. The van der Waals surface area contributed by atoms with E-state index in [1.165, 1.54) is 5.69 Å². The van der Waals surface area contributed by atoms with Crippen LogP contribution in [-0.2, 0) is 13.6 Å². The molecule has 1 heterocycles. The molecule has 0 amide bonds. The van der Waals surface area contributed by atoms with Crippen molar-refractivity contribution >= 4 is 5.82 Å². The number of aryl methyl sites for hydroxylation is 1. The summed E-state index contributed by atoms with van der Waals surface area (Å²) in [5, 5.41) is 4.19. The molecule has 0 unspecified atom stereocenters. The highest BCUT2D eigenvalue weighted by Gasteiger charge is 2.12. The molecule has 0 bridgehead atoms. The Morgan fingerprint density at radius 2 is 1.76 bits per heavy atom. The molecule has 98 valence electrons. The lowest BCUT2D eigenvalue weighted by molar-refractivity contribution is 0.206. The SMILES string of the molecule is CC(C)CN(Cc1cc(N)nn1C)CC(C)C. The van der Waals surface area contributed by atoms with Gasteiger partial charge in [-0.05, 0) is 11.8 Å². The van der Waals surface area contributed by atoms with E-state index in [-0.39, 0.29) is 0 Å². The van der Waals surface area contributed by atoms with Gasteiger partial charge in [-0.2, -0.15) is 5.10 Å². The van der Waals surface area contributed by atoms with Gasteiger partial charge in [0.25, 0.3) is 0 Å². The topological polar surface area (TPSA) is 47.1 Å². The summed E-state index contributed by atoms with van der Waals surface area (Å²) in [5.41, 5.74) is 6.89. The van der Waals surface area contributed by atoms with Crippen molar-refractivity contribution in [3.8, 4) is 0 Å². The van der Waals surface area contributed by atoms with Gasteiger partial charge >= 0.3 is 0 Å². The number of hydrogen-bond acceptors (Lipinski definition) is 3. The number of anilines is 1. The van der Waals surface area contributed by atoms with Gasteiger partial charge in [0.1, 0.15) is 5.82 Å². The zero-order chi connectivity index (χ0) is 13.0. The second kappa shape index (κ2) is 6.05. The Labute approximate surface area is 105 Å². The summed E-state index contributed by atoms with van der Waals surface area (Å²) < 4.78 is 1.88. The third-order valence-electron chi connectivity index (χ3n) is 2.63. The van der Waals surface area contributed by atoms with E-state index in [0.717, 1.165) is 19.6 Å². The standard InChI is InChI=1S/C13H26N4/c1-10(2)7-17(8-11(3)4)9-12-6-13(14)15-16(12)5/h6,10-11H,7-9H2,1-5H3,(H2,14,15). The van der Waals surface area contributed by atoms with Crippen LogP contribution in [-0.4, -0.2) is 27.8 Å². The lowest BCUT2D eigenvalue weighted by Gasteiger charge is -2.25. The molecule has 0 radical (unpaired) electrons. The molecule has 2 N–H and O–H groups in total. The molecule has 0 saturated heterocycles. The largest absolute Gasteiger partial charge is 0.382 e. The van der Waals surface area contributed by atoms with E-state index in [1.54, 1.807) is 0 Å². The fourth-order valence-electron chi connectivity index (χ4n) is 2.14. The smallest absolute Gasteiger partial charge is 0.145 e. The Bertz CT molecular complexity index is 331. The summed E-state index contributed by atoms with van der Waals surface area (Å²) in [6.07, 6.45) is 0. The molecule has 1 aromatic heterocycles. The van der Waals surface area contributed by atoms with Gasteiger partial charge in [-0.25, -0.2) is 0 Å². The third kappa shape index (κ3) is 4.77. The van der Waals surface area contributed by atoms with Crippen molar-refractivity contribution < 1.29 is 0 Å². The van der Waals surface area contributed by atoms with Crippen LogP contribution in [0.2, 0.25) is 0 Å². The molecule has 17 heavy (non-hydrogen) atoms. The molecule has 1 rings (SSSR count). The van der Waals surface area contributed by atoms with Gasteiger partial charge in [-0.3, -0.25) is 9.58 Å². The molecular weight excluding hydrogens is 212 g/mol. The van der Waals surface area contributed by atoms with Crippen LogP contribution in [0.3, 0.4) is 0 Å². The van der Waals surface area contributed by atoms with Crippen LogP contribution >= 0.6 is 0 Å². The van der Waals surface area contributed by atoms with Gasteiger partial charge in [0.15, 0.2) is 0 Å². The van der Waals surface area contributed by atoms with Crippen LogP contribution in [0.15, 0.2) is 6.07 Å². The van der Waals surface area contributed by atoms with Gasteiger partial charge in [-0.15, -0.1) is 0 Å². The summed E-state index contributed by atoms with van der Waals surface area (Å²) in [6, 6.07) is 1.97. The van der Waals surface area contributed by atoms with Gasteiger partial charge < -0.3 is 5.73 Å². The van der Waals surface area contributed by atoms with Crippen molar-refractivity contribution in [3.63, 3.8) is 0 Å². The van der Waals surface area contributed by atoms with Crippen LogP contribution in [0.1, 0.15) is 33.4 Å². The van der Waals surface area contributed by atoms with Crippen molar-refractivity contribution in [3.05, 3.63) is 11.8 Å². The fraction of sp³-hybridized carbons (Fsp3) is 0.769. The molecule has 4 heteroatoms. The molecule has 0 aliphatic rings. The van der Waals surface area contributed by atoms with Gasteiger partial charge in [0.05, 0.1) is 5.69 Å². The van der Waals surface area contributed by atoms with Crippen LogP contribution in [0, 0.1) is 11.8 Å². The Kier molecular flexibility index (Phi) is 5.00. The highest BCUT2D eigenvalue weighted by atomic mass is 15.3. The maximum Gasteiger partial charge on any atom is 0.145 e. The van der Waals surface area contributed by atoms with Crippen molar-refractivity contribution in [1.82, 2.24) is 14.7 Å². The van der Waals surface area contributed by atoms with Crippen molar-refractivity contribution in [2.45, 2.75) is 34.2 Å². The minimum atomic E-state index is 0.608. The molecule has 0 aliphatic heterocycles. The molecule has 0 aliphatic carbocycles. The summed E-state index contributed by atoms with van der Waals surface area (Å²) in [5.74, 6) is 1.97. The van der Waals surface area contributed by atoms with Gasteiger partial charge in [0, 0.05) is 32.7 Å². The number of nitrogens with two attached hydrogens (primary N) is 1. The highest BCUT2D eigenvalue weighted by Crippen LogP contribution is 2.11. The maximum atomic E-state index is 5.71. The Morgan fingerprint density at radius 1 is 1.24 bits per heavy atom. The molecule has 1 aromatic rings. The minimum Gasteiger partial charge on any atom is -0.382 e. The maximum absolute atomic E-state index is 5.71. The number of nitrogen functional groups attached to an aromatic ring is 1. The highest BCUT2D eigenvalue weighted by molar-refractivity contribution is 5.29. The zero-order valence-electron chi connectivity index (χ0n) is 11.8. The molecule has 0 atom stereocenters. The molecule has 0 fully saturated rings. The average Bonchev–Trinajstić information content (AvgIpc) is 2.42. The zero-order valence-corrected chi connectivity index (χ0v) is 11.8. The van der Waals surface area contributed by atoms with Crippen molar-refractivity contribution in [2.24, 2.45) is 18.9 Å². The monoisotopic (exact) mass is 238 g/mol. The first-order valence-electron chi connectivity index (χ1n) is 6.39. The van der Waals surface area contributed by atoms with E-state index >= 15 is 0 Å². The van der Waals surface area contributed by atoms with E-state index in [0.29, 0.717) is 17.7 Å². The second-order valence-electron chi connectivity index (χ2n) is 5.67. The van der Waals surface area contributed by atoms with Gasteiger partial charge in [-0.1, -0.05) is 27.7 Å². The molecule has 4 nitrogen and oxygen atoms in total. The van der Waals surface area contributed by atoms with Crippen LogP contribution < -0.4 is 5.73 Å². The number of aromatic nitrogens is 2. The van der Waals surface area contributed by atoms with Gasteiger partial charge in [0.2, 0.25) is 0 Å². The van der Waals surface area contributed by atoms with Crippen LogP contribution in [0.25, 0.3) is 0 Å². The van der Waals surface area contributed by atoms with E-state index in [4.69, 9.17) is 5.73 Å². The second-order valence-corrected chi connectivity index (χ2v) is 5.67. The summed E-state index contributed by atoms with van der Waals surface area (Å²) in [6.45, 7) is 12.2. The first kappa shape index (κ1) is 14.0. The molecule has 0 saturated carbocycles. The van der Waals surface area contributed by atoms with Crippen LogP contribution in [0.5, 0.6) is 0 Å². The first-order chi connectivity index (χ1) is 7.88. The normalized spacial score (nSPS) is 12.0. The predicted octanol–water partition coefficient (Wildman–Crippen LogP) is 2.12. The van der Waals surface area contributed by atoms with E-state index in [2.05, 4.69) is 37.7 Å². The number of nitrogens with zero attached hydrogens (tertiary/aromatic N) is 3. The molecular formula is C13H26N4. The van der Waals surface area contributed by atoms with E-state index in [1.807, 2.05) is 17.8 Å². The summed E-state index contributed by atoms with van der Waals surface area (Å²) in [4.78, 5) is 2.48. The Morgan fingerprint density at radius 3 is 2.12 bits per heavy atom. The predicted molar refractivity (Wildman–Crippen MR) is 72.6 cm³/mol. The average molecular weight is 238 g/mol. The number of hydrogen-bond donors (Lipinski definition) is 1. The lowest BCUT2D eigenvalue weighted by atomic mass is 10.1. The summed E-state index contributed by atoms with van der Waals surface area (Å²) >= 11 is 0. The van der Waals surface area contributed by atoms with E-state index in [9.17, 15) is 0 Å². The quantitative estimate of drug-likeness (QED) is 0.825. The minimum absolute atomic E-state index is 0.608. The Hall–Kier alpha value is -1.03. The van der Waals surface area contributed by atoms with Crippen LogP contribution in [0.4, 0.5) is 5.82 Å². The lowest BCUT2D eigenvalue weighted by Crippen LogP contribution is -2.31. The third-order valence-corrected chi connectivity index (χ3v) is 2.63. The van der Waals surface area contributed by atoms with E-state index < -0.39 is 0 Å². The Balaban J connectivity index is 2.67. The summed E-state index contributed by atoms with van der Waals surface area (Å²) in [7, 11) is 1.95. The van der Waals surface area contributed by atoms with Crippen molar-refractivity contribution in [1.29, 1.82) is 0 Å². The van der Waals surface area contributed by atoms with Crippen molar-refractivity contribution in [2.75, 3.05) is 18.8 Å². The first-order valence-corrected chi connectivity index (χ1v) is 6.39. The number of rotatable bonds is 6.